The number of fused-ring (bicyclic) bond motifs is 1. The van der Waals surface area contributed by atoms with Gasteiger partial charge in [-0.05, 0) is 42.9 Å². The molecule has 0 radical (unpaired) electrons. The second kappa shape index (κ2) is 13.5. The molecule has 0 bridgehead atoms. The van der Waals surface area contributed by atoms with E-state index < -0.39 is 0 Å². The predicted octanol–water partition coefficient (Wildman–Crippen LogP) is 6.02. The standard InChI is InChI=1S/C24H39NO3/c1-20(2)18-25-24(26)14-12-10-8-6-4-3-5-7-9-11-13-21-15-16-22-23(17-21)28-19-27-22/h15-17,20H,3-14,18-19H2,1-2H3,(H,25,26). The van der Waals surface area contributed by atoms with E-state index in [1.54, 1.807) is 0 Å². The minimum atomic E-state index is 0.217. The smallest absolute Gasteiger partial charge is 0.231 e. The van der Waals surface area contributed by atoms with E-state index in [1.807, 2.05) is 6.07 Å². The number of carbonyl (C=O) groups excluding carboxylic acids is 1. The van der Waals surface area contributed by atoms with Gasteiger partial charge in [0.15, 0.2) is 11.5 Å². The lowest BCUT2D eigenvalue weighted by Gasteiger charge is -2.07. The third-order valence-electron chi connectivity index (χ3n) is 5.26. The Hall–Kier alpha value is -1.71. The van der Waals surface area contributed by atoms with Crippen LogP contribution in [-0.2, 0) is 11.2 Å². The second-order valence-corrected chi connectivity index (χ2v) is 8.42. The molecule has 0 aromatic heterocycles. The molecule has 2 rings (SSSR count). The fourth-order valence-electron chi connectivity index (χ4n) is 3.53. The van der Waals surface area contributed by atoms with E-state index in [0.717, 1.165) is 30.9 Å². The van der Waals surface area contributed by atoms with Crippen molar-refractivity contribution in [3.63, 3.8) is 0 Å². The normalized spacial score (nSPS) is 12.5. The molecule has 0 unspecified atom stereocenters. The average Bonchev–Trinajstić information content (AvgIpc) is 3.15. The summed E-state index contributed by atoms with van der Waals surface area (Å²) in [5.41, 5.74) is 1.35. The molecule has 1 N–H and O–H groups in total. The largest absolute Gasteiger partial charge is 0.454 e. The Bertz CT molecular complexity index is 571. The Balaban J connectivity index is 1.34. The number of hydrogen-bond donors (Lipinski definition) is 1. The molecule has 0 saturated heterocycles. The van der Waals surface area contributed by atoms with E-state index in [4.69, 9.17) is 9.47 Å². The van der Waals surface area contributed by atoms with Crippen LogP contribution in [-0.4, -0.2) is 19.2 Å². The summed E-state index contributed by atoms with van der Waals surface area (Å²) in [5.74, 6) is 2.52. The van der Waals surface area contributed by atoms with E-state index in [1.165, 1.54) is 63.4 Å². The first kappa shape index (κ1) is 22.6. The summed E-state index contributed by atoms with van der Waals surface area (Å²) in [4.78, 5) is 11.6. The second-order valence-electron chi connectivity index (χ2n) is 8.42. The zero-order valence-electron chi connectivity index (χ0n) is 17.9. The van der Waals surface area contributed by atoms with E-state index in [-0.39, 0.29) is 5.91 Å². The van der Waals surface area contributed by atoms with Gasteiger partial charge in [0, 0.05) is 13.0 Å². The molecule has 158 valence electrons. The van der Waals surface area contributed by atoms with Crippen LogP contribution < -0.4 is 14.8 Å². The Labute approximate surface area is 171 Å². The van der Waals surface area contributed by atoms with Crippen LogP contribution in [0.3, 0.4) is 0 Å². The van der Waals surface area contributed by atoms with Crippen LogP contribution >= 0.6 is 0 Å². The van der Waals surface area contributed by atoms with E-state index in [2.05, 4.69) is 31.3 Å². The maximum Gasteiger partial charge on any atom is 0.231 e. The van der Waals surface area contributed by atoms with Gasteiger partial charge >= 0.3 is 0 Å². The van der Waals surface area contributed by atoms with Crippen LogP contribution in [0.5, 0.6) is 11.5 Å². The summed E-state index contributed by atoms with van der Waals surface area (Å²) in [6.45, 7) is 5.40. The minimum absolute atomic E-state index is 0.217. The molecule has 1 amide bonds. The summed E-state index contributed by atoms with van der Waals surface area (Å²) >= 11 is 0. The highest BCUT2D eigenvalue weighted by Crippen LogP contribution is 2.32. The quantitative estimate of drug-likeness (QED) is 0.373. The van der Waals surface area contributed by atoms with Crippen molar-refractivity contribution in [2.24, 2.45) is 5.92 Å². The number of carbonyl (C=O) groups is 1. The number of amides is 1. The van der Waals surface area contributed by atoms with Gasteiger partial charge < -0.3 is 14.8 Å². The van der Waals surface area contributed by atoms with Crippen molar-refractivity contribution in [1.29, 1.82) is 0 Å². The Morgan fingerprint density at radius 1 is 0.893 bits per heavy atom. The monoisotopic (exact) mass is 389 g/mol. The number of aryl methyl sites for hydroxylation is 1. The Morgan fingerprint density at radius 3 is 2.18 bits per heavy atom. The summed E-state index contributed by atoms with van der Waals surface area (Å²) in [7, 11) is 0. The first-order valence-electron chi connectivity index (χ1n) is 11.3. The molecule has 28 heavy (non-hydrogen) atoms. The van der Waals surface area contributed by atoms with Crippen LogP contribution in [0.25, 0.3) is 0 Å². The number of hydrogen-bond acceptors (Lipinski definition) is 3. The molecule has 1 heterocycles. The molecule has 0 aliphatic carbocycles. The summed E-state index contributed by atoms with van der Waals surface area (Å²) in [6.07, 6.45) is 14.5. The SMILES string of the molecule is CC(C)CNC(=O)CCCCCCCCCCCCc1ccc2c(c1)OCO2. The van der Waals surface area contributed by atoms with Crippen LogP contribution in [0.4, 0.5) is 0 Å². The Morgan fingerprint density at radius 2 is 1.50 bits per heavy atom. The van der Waals surface area contributed by atoms with Crippen molar-refractivity contribution in [2.75, 3.05) is 13.3 Å². The summed E-state index contributed by atoms with van der Waals surface area (Å²) in [5, 5.41) is 2.99. The highest BCUT2D eigenvalue weighted by Gasteiger charge is 2.12. The van der Waals surface area contributed by atoms with Crippen LogP contribution in [0.15, 0.2) is 18.2 Å². The van der Waals surface area contributed by atoms with E-state index >= 15 is 0 Å². The molecule has 0 fully saturated rings. The average molecular weight is 390 g/mol. The van der Waals surface area contributed by atoms with E-state index in [0.29, 0.717) is 19.1 Å². The fourth-order valence-corrected chi connectivity index (χ4v) is 3.53. The van der Waals surface area contributed by atoms with Gasteiger partial charge in [0.25, 0.3) is 0 Å². The van der Waals surface area contributed by atoms with Gasteiger partial charge in [-0.15, -0.1) is 0 Å². The molecule has 1 aliphatic heterocycles. The third-order valence-corrected chi connectivity index (χ3v) is 5.26. The molecular formula is C24H39NO3. The minimum Gasteiger partial charge on any atom is -0.454 e. The Kier molecular flexibility index (Phi) is 10.9. The van der Waals surface area contributed by atoms with Gasteiger partial charge in [-0.25, -0.2) is 0 Å². The lowest BCUT2D eigenvalue weighted by molar-refractivity contribution is -0.121. The lowest BCUT2D eigenvalue weighted by atomic mass is 10.0. The zero-order valence-corrected chi connectivity index (χ0v) is 17.9. The van der Waals surface area contributed by atoms with Gasteiger partial charge in [-0.2, -0.15) is 0 Å². The van der Waals surface area contributed by atoms with Gasteiger partial charge in [0.1, 0.15) is 0 Å². The molecule has 4 heteroatoms. The van der Waals surface area contributed by atoms with Gasteiger partial charge in [0.2, 0.25) is 12.7 Å². The van der Waals surface area contributed by atoms with Crippen molar-refractivity contribution < 1.29 is 14.3 Å². The highest BCUT2D eigenvalue weighted by atomic mass is 16.7. The summed E-state index contributed by atoms with van der Waals surface area (Å²) < 4.78 is 10.8. The molecule has 1 aliphatic rings. The van der Waals surface area contributed by atoms with Crippen LogP contribution in [0.1, 0.15) is 90.0 Å². The van der Waals surface area contributed by atoms with Crippen molar-refractivity contribution >= 4 is 5.91 Å². The van der Waals surface area contributed by atoms with Gasteiger partial charge in [-0.1, -0.05) is 71.3 Å². The maximum atomic E-state index is 11.6. The number of rotatable bonds is 15. The van der Waals surface area contributed by atoms with Crippen molar-refractivity contribution in [2.45, 2.75) is 90.9 Å². The molecule has 0 spiro atoms. The maximum absolute atomic E-state index is 11.6. The number of unbranched alkanes of at least 4 members (excludes halogenated alkanes) is 9. The zero-order chi connectivity index (χ0) is 20.0. The predicted molar refractivity (Wildman–Crippen MR) is 115 cm³/mol. The molecule has 0 saturated carbocycles. The van der Waals surface area contributed by atoms with Crippen LogP contribution in [0.2, 0.25) is 0 Å². The molecule has 4 nitrogen and oxygen atoms in total. The first-order chi connectivity index (χ1) is 13.6. The molecular weight excluding hydrogens is 350 g/mol. The lowest BCUT2D eigenvalue weighted by Crippen LogP contribution is -2.26. The van der Waals surface area contributed by atoms with Gasteiger partial charge in [-0.3, -0.25) is 4.79 Å². The van der Waals surface area contributed by atoms with E-state index in [9.17, 15) is 4.79 Å². The number of nitrogens with one attached hydrogen (secondary N) is 1. The van der Waals surface area contributed by atoms with Gasteiger partial charge in [0.05, 0.1) is 0 Å². The molecule has 1 aromatic rings. The molecule has 0 atom stereocenters. The summed E-state index contributed by atoms with van der Waals surface area (Å²) in [6, 6.07) is 6.30. The molecule has 1 aromatic carbocycles. The third kappa shape index (κ3) is 9.48. The van der Waals surface area contributed by atoms with Crippen molar-refractivity contribution in [3.8, 4) is 11.5 Å². The van der Waals surface area contributed by atoms with Crippen LogP contribution in [0, 0.1) is 5.92 Å². The topological polar surface area (TPSA) is 47.6 Å². The first-order valence-corrected chi connectivity index (χ1v) is 11.3. The highest BCUT2D eigenvalue weighted by molar-refractivity contribution is 5.75. The van der Waals surface area contributed by atoms with Crippen molar-refractivity contribution in [3.05, 3.63) is 23.8 Å². The number of ether oxygens (including phenoxy) is 2. The number of benzene rings is 1. The van der Waals surface area contributed by atoms with Crippen molar-refractivity contribution in [1.82, 2.24) is 5.32 Å². The fraction of sp³-hybridized carbons (Fsp3) is 0.708.